The molecule has 1 fully saturated rings. The fourth-order valence-corrected chi connectivity index (χ4v) is 3.82. The van der Waals surface area contributed by atoms with Crippen molar-refractivity contribution in [3.8, 4) is 11.1 Å². The minimum absolute atomic E-state index is 0.0392. The minimum atomic E-state index is 0.0392. The Morgan fingerprint density at radius 2 is 1.77 bits per heavy atom. The van der Waals surface area contributed by atoms with Gasteiger partial charge in [0.15, 0.2) is 5.58 Å². The number of para-hydroxylation sites is 1. The number of carbonyl (C=O) groups excluding carboxylic acids is 1. The molecule has 1 saturated heterocycles. The van der Waals surface area contributed by atoms with E-state index in [1.165, 1.54) is 0 Å². The number of oxazole rings is 1. The van der Waals surface area contributed by atoms with Crippen LogP contribution in [0.2, 0.25) is 0 Å². The van der Waals surface area contributed by atoms with Crippen LogP contribution in [0.15, 0.2) is 71.1 Å². The molecule has 0 bridgehead atoms. The van der Waals surface area contributed by atoms with Crippen LogP contribution in [-0.4, -0.2) is 42.1 Å². The van der Waals surface area contributed by atoms with Crippen molar-refractivity contribution in [1.29, 1.82) is 0 Å². The summed E-state index contributed by atoms with van der Waals surface area (Å²) in [6, 6.07) is 22.1. The summed E-state index contributed by atoms with van der Waals surface area (Å²) in [7, 11) is 0. The van der Waals surface area contributed by atoms with E-state index in [1.807, 2.05) is 78.6 Å². The Balaban J connectivity index is 1.42. The molecule has 6 heteroatoms. The maximum Gasteiger partial charge on any atom is 0.300 e. The molecule has 5 rings (SSSR count). The number of aryl methyl sites for hydroxylation is 1. The van der Waals surface area contributed by atoms with Crippen LogP contribution >= 0.6 is 0 Å². The van der Waals surface area contributed by atoms with E-state index >= 15 is 0 Å². The first kappa shape index (κ1) is 19.3. The molecular formula is C25H23N3O3. The zero-order valence-electron chi connectivity index (χ0n) is 17.3. The van der Waals surface area contributed by atoms with Gasteiger partial charge >= 0.3 is 0 Å². The molecular weight excluding hydrogens is 390 g/mol. The fourth-order valence-electron chi connectivity index (χ4n) is 3.82. The summed E-state index contributed by atoms with van der Waals surface area (Å²) in [6.45, 7) is 4.50. The highest BCUT2D eigenvalue weighted by Crippen LogP contribution is 2.32. The Morgan fingerprint density at radius 3 is 2.55 bits per heavy atom. The molecule has 1 aliphatic heterocycles. The maximum atomic E-state index is 12.7. The smallest absolute Gasteiger partial charge is 0.300 e. The van der Waals surface area contributed by atoms with Crippen LogP contribution in [0.25, 0.3) is 22.2 Å². The Morgan fingerprint density at radius 1 is 1.00 bits per heavy atom. The molecule has 0 aliphatic carbocycles. The van der Waals surface area contributed by atoms with Gasteiger partial charge in [-0.25, -0.2) is 0 Å². The number of morpholine rings is 1. The number of benzene rings is 3. The van der Waals surface area contributed by atoms with Crippen LogP contribution in [0.4, 0.5) is 11.7 Å². The lowest BCUT2D eigenvalue weighted by Crippen LogP contribution is -2.40. The summed E-state index contributed by atoms with van der Waals surface area (Å²) in [6.07, 6.45) is 0. The highest BCUT2D eigenvalue weighted by atomic mass is 16.5. The predicted molar refractivity (Wildman–Crippen MR) is 121 cm³/mol. The van der Waals surface area contributed by atoms with Crippen LogP contribution in [0.5, 0.6) is 0 Å². The standard InChI is InChI=1S/C25H23N3O3/c1-17-4-2-5-20(16-17)26-25-27-22-7-3-6-21(23(22)31-25)18-8-10-19(11-9-18)24(29)28-12-14-30-15-13-28/h2-11,16H,12-15H2,1H3,(H,26,27). The molecule has 6 nitrogen and oxygen atoms in total. The first-order valence-electron chi connectivity index (χ1n) is 10.4. The summed E-state index contributed by atoms with van der Waals surface area (Å²) in [4.78, 5) is 19.1. The van der Waals surface area contributed by atoms with Gasteiger partial charge in [0.1, 0.15) is 5.52 Å². The number of aromatic nitrogens is 1. The zero-order valence-corrected chi connectivity index (χ0v) is 17.3. The zero-order chi connectivity index (χ0) is 21.2. The van der Waals surface area contributed by atoms with E-state index in [0.717, 1.165) is 27.9 Å². The Labute approximate surface area is 180 Å². The van der Waals surface area contributed by atoms with Crippen molar-refractivity contribution >= 4 is 28.7 Å². The lowest BCUT2D eigenvalue weighted by molar-refractivity contribution is 0.0303. The molecule has 2 heterocycles. The normalized spacial score (nSPS) is 14.0. The number of carbonyl (C=O) groups is 1. The number of nitrogens with one attached hydrogen (secondary N) is 1. The highest BCUT2D eigenvalue weighted by molar-refractivity contribution is 5.96. The third kappa shape index (κ3) is 4.02. The van der Waals surface area contributed by atoms with Gasteiger partial charge in [-0.1, -0.05) is 36.4 Å². The van der Waals surface area contributed by atoms with Crippen LogP contribution in [0, 0.1) is 6.92 Å². The van der Waals surface area contributed by atoms with Gasteiger partial charge in [0.25, 0.3) is 11.9 Å². The van der Waals surface area contributed by atoms with E-state index < -0.39 is 0 Å². The van der Waals surface area contributed by atoms with Crippen molar-refractivity contribution in [2.45, 2.75) is 6.92 Å². The number of rotatable bonds is 4. The fraction of sp³-hybridized carbons (Fsp3) is 0.200. The number of nitrogens with zero attached hydrogens (tertiary/aromatic N) is 2. The van der Waals surface area contributed by atoms with Crippen LogP contribution in [-0.2, 0) is 4.74 Å². The van der Waals surface area contributed by atoms with E-state index in [-0.39, 0.29) is 5.91 Å². The first-order chi connectivity index (χ1) is 15.2. The SMILES string of the molecule is Cc1cccc(Nc2nc3cccc(-c4ccc(C(=O)N5CCOCC5)cc4)c3o2)c1. The second-order valence-corrected chi connectivity index (χ2v) is 7.65. The summed E-state index contributed by atoms with van der Waals surface area (Å²) in [5, 5.41) is 3.24. The number of ether oxygens (including phenoxy) is 1. The van der Waals surface area contributed by atoms with Crippen molar-refractivity contribution in [2.75, 3.05) is 31.6 Å². The van der Waals surface area contributed by atoms with E-state index in [4.69, 9.17) is 9.15 Å². The van der Waals surface area contributed by atoms with Crippen LogP contribution < -0.4 is 5.32 Å². The van der Waals surface area contributed by atoms with E-state index in [0.29, 0.717) is 43.5 Å². The summed E-state index contributed by atoms with van der Waals surface area (Å²) < 4.78 is 11.4. The molecule has 4 aromatic rings. The Kier molecular flexibility index (Phi) is 5.14. The van der Waals surface area contributed by atoms with Gasteiger partial charge in [0, 0.05) is 29.9 Å². The maximum absolute atomic E-state index is 12.7. The highest BCUT2D eigenvalue weighted by Gasteiger charge is 2.19. The number of hydrogen-bond acceptors (Lipinski definition) is 5. The predicted octanol–water partition coefficient (Wildman–Crippen LogP) is 5.02. The second-order valence-electron chi connectivity index (χ2n) is 7.65. The van der Waals surface area contributed by atoms with E-state index in [2.05, 4.69) is 10.3 Å². The third-order valence-electron chi connectivity index (χ3n) is 5.43. The summed E-state index contributed by atoms with van der Waals surface area (Å²) in [5.74, 6) is 0.0392. The first-order valence-corrected chi connectivity index (χ1v) is 10.4. The molecule has 0 saturated carbocycles. The number of hydrogen-bond donors (Lipinski definition) is 1. The average Bonchev–Trinajstić information content (AvgIpc) is 3.22. The summed E-state index contributed by atoms with van der Waals surface area (Å²) >= 11 is 0. The van der Waals surface area contributed by atoms with Gasteiger partial charge in [-0.3, -0.25) is 4.79 Å². The van der Waals surface area contributed by atoms with Gasteiger partial charge in [-0.15, -0.1) is 0 Å². The topological polar surface area (TPSA) is 67.6 Å². The monoisotopic (exact) mass is 413 g/mol. The van der Waals surface area contributed by atoms with Crippen molar-refractivity contribution in [2.24, 2.45) is 0 Å². The molecule has 1 N–H and O–H groups in total. The third-order valence-corrected chi connectivity index (χ3v) is 5.43. The molecule has 1 aromatic heterocycles. The van der Waals surface area contributed by atoms with Crippen molar-refractivity contribution in [3.63, 3.8) is 0 Å². The molecule has 31 heavy (non-hydrogen) atoms. The van der Waals surface area contributed by atoms with Gasteiger partial charge < -0.3 is 19.4 Å². The van der Waals surface area contributed by atoms with Crippen molar-refractivity contribution < 1.29 is 13.9 Å². The average molecular weight is 413 g/mol. The van der Waals surface area contributed by atoms with E-state index in [1.54, 1.807) is 0 Å². The van der Waals surface area contributed by atoms with Gasteiger partial charge in [0.2, 0.25) is 0 Å². The molecule has 156 valence electrons. The Hall–Kier alpha value is -3.64. The lowest BCUT2D eigenvalue weighted by atomic mass is 10.0. The van der Waals surface area contributed by atoms with Crippen molar-refractivity contribution in [1.82, 2.24) is 9.88 Å². The second kappa shape index (κ2) is 8.24. The number of anilines is 2. The largest absolute Gasteiger partial charge is 0.423 e. The Bertz CT molecular complexity index is 1220. The number of fused-ring (bicyclic) bond motifs is 1. The van der Waals surface area contributed by atoms with Crippen LogP contribution in [0.3, 0.4) is 0 Å². The quantitative estimate of drug-likeness (QED) is 0.509. The molecule has 1 amide bonds. The van der Waals surface area contributed by atoms with Crippen LogP contribution in [0.1, 0.15) is 15.9 Å². The number of amides is 1. The minimum Gasteiger partial charge on any atom is -0.423 e. The molecule has 0 radical (unpaired) electrons. The van der Waals surface area contributed by atoms with E-state index in [9.17, 15) is 4.79 Å². The van der Waals surface area contributed by atoms with Gasteiger partial charge in [-0.2, -0.15) is 4.98 Å². The molecule has 3 aromatic carbocycles. The van der Waals surface area contributed by atoms with Gasteiger partial charge in [-0.05, 0) is 48.4 Å². The summed E-state index contributed by atoms with van der Waals surface area (Å²) in [5.41, 5.74) is 6.17. The molecule has 0 atom stereocenters. The van der Waals surface area contributed by atoms with Gasteiger partial charge in [0.05, 0.1) is 13.2 Å². The molecule has 0 spiro atoms. The lowest BCUT2D eigenvalue weighted by Gasteiger charge is -2.26. The van der Waals surface area contributed by atoms with Crippen molar-refractivity contribution in [3.05, 3.63) is 77.9 Å². The molecule has 1 aliphatic rings. The molecule has 0 unspecified atom stereocenters.